The molecule has 86 valence electrons. The van der Waals surface area contributed by atoms with E-state index in [-0.39, 0.29) is 0 Å². The third-order valence-electron chi connectivity index (χ3n) is 2.11. The number of hydrogen-bond donors (Lipinski definition) is 1. The highest BCUT2D eigenvalue weighted by Crippen LogP contribution is 2.27. The Morgan fingerprint density at radius 1 is 1.47 bits per heavy atom. The zero-order chi connectivity index (χ0) is 12.4. The molecular weight excluding hydrogens is 237 g/mol. The van der Waals surface area contributed by atoms with Gasteiger partial charge in [0.25, 0.3) is 0 Å². The molecule has 0 saturated heterocycles. The highest BCUT2D eigenvalue weighted by molar-refractivity contribution is 7.17. The number of rotatable bonds is 3. The van der Waals surface area contributed by atoms with E-state index in [1.807, 2.05) is 15.0 Å². The second-order valence-electron chi connectivity index (χ2n) is 3.61. The van der Waals surface area contributed by atoms with Crippen LogP contribution < -0.4 is 4.81 Å². The molecule has 2 rings (SSSR count). The molecule has 0 aliphatic heterocycles. The van der Waals surface area contributed by atoms with E-state index >= 15 is 0 Å². The molecule has 7 heteroatoms. The zero-order valence-electron chi connectivity index (χ0n) is 9.41. The van der Waals surface area contributed by atoms with Crippen molar-refractivity contribution in [3.63, 3.8) is 0 Å². The van der Waals surface area contributed by atoms with Crippen LogP contribution >= 0.6 is 11.3 Å². The number of aromatic carboxylic acids is 1. The number of carboxylic acid groups (broad SMARTS) is 1. The Bertz CT molecular complexity index is 556. The minimum absolute atomic E-state index is 0.310. The lowest BCUT2D eigenvalue weighted by molar-refractivity contribution is 0.0702. The molecule has 0 saturated carbocycles. The van der Waals surface area contributed by atoms with Crippen molar-refractivity contribution in [2.24, 2.45) is 0 Å². The van der Waals surface area contributed by atoms with Crippen LogP contribution in [0.25, 0.3) is 10.6 Å². The van der Waals surface area contributed by atoms with Crippen molar-refractivity contribution in [3.8, 4) is 10.6 Å². The Hall–Kier alpha value is -1.89. The molecule has 1 N–H and O–H groups in total. The minimum Gasteiger partial charge on any atom is -0.477 e. The summed E-state index contributed by atoms with van der Waals surface area (Å²) in [6.45, 7) is 0. The molecule has 2 heterocycles. The van der Waals surface area contributed by atoms with Gasteiger partial charge in [-0.05, 0) is 25.2 Å². The molecule has 0 bridgehead atoms. The normalized spacial score (nSPS) is 10.2. The van der Waals surface area contributed by atoms with E-state index in [4.69, 9.17) is 5.11 Å². The number of hydrogen-bond acceptors (Lipinski definition) is 5. The van der Waals surface area contributed by atoms with Crippen LogP contribution in [-0.2, 0) is 0 Å². The van der Waals surface area contributed by atoms with Crippen molar-refractivity contribution in [1.29, 1.82) is 0 Å². The average Bonchev–Trinajstić information content (AvgIpc) is 2.78. The number of carboxylic acids is 1. The first-order valence-corrected chi connectivity index (χ1v) is 5.73. The lowest BCUT2D eigenvalue weighted by Gasteiger charge is -2.10. The van der Waals surface area contributed by atoms with Crippen molar-refractivity contribution in [2.75, 3.05) is 11.9 Å². The molecule has 0 spiro atoms. The third kappa shape index (κ3) is 2.44. The lowest BCUT2D eigenvalue weighted by Crippen LogP contribution is -2.14. The first-order chi connectivity index (χ1) is 8.08. The van der Waals surface area contributed by atoms with Crippen LogP contribution in [0.5, 0.6) is 0 Å². The van der Waals surface area contributed by atoms with Crippen LogP contribution in [-0.4, -0.2) is 36.1 Å². The van der Waals surface area contributed by atoms with Gasteiger partial charge in [0.1, 0.15) is 4.88 Å². The van der Waals surface area contributed by atoms with Gasteiger partial charge in [0.2, 0.25) is 13.9 Å². The summed E-state index contributed by atoms with van der Waals surface area (Å²) in [6.07, 6.45) is 1.66. The van der Waals surface area contributed by atoms with Crippen LogP contribution in [0.15, 0.2) is 24.4 Å². The second kappa shape index (κ2) is 4.54. The monoisotopic (exact) mass is 247 g/mol. The molecule has 2 aromatic heterocycles. The summed E-state index contributed by atoms with van der Waals surface area (Å²) in [5.41, 5.74) is 0.737. The van der Waals surface area contributed by atoms with Gasteiger partial charge in [0.05, 0.1) is 10.6 Å². The molecule has 0 amide bonds. The van der Waals surface area contributed by atoms with Crippen LogP contribution in [0.4, 0.5) is 5.95 Å². The highest BCUT2D eigenvalue weighted by atomic mass is 32.1. The topological polar surface area (TPSA) is 66.3 Å². The fraction of sp³-hybridized carbons (Fsp3) is 0.100. The quantitative estimate of drug-likeness (QED) is 0.816. The fourth-order valence-electron chi connectivity index (χ4n) is 1.29. The Kier molecular flexibility index (Phi) is 3.10. The van der Waals surface area contributed by atoms with Crippen LogP contribution in [0.3, 0.4) is 0 Å². The number of carbonyl (C=O) groups is 1. The van der Waals surface area contributed by atoms with Gasteiger partial charge >= 0.3 is 5.97 Å². The van der Waals surface area contributed by atoms with E-state index in [1.165, 1.54) is 11.3 Å². The maximum Gasteiger partial charge on any atom is 0.345 e. The molecule has 0 fully saturated rings. The fourth-order valence-corrected chi connectivity index (χ4v) is 2.11. The van der Waals surface area contributed by atoms with Crippen LogP contribution in [0.2, 0.25) is 0 Å². The van der Waals surface area contributed by atoms with Gasteiger partial charge in [-0.1, -0.05) is 0 Å². The van der Waals surface area contributed by atoms with Gasteiger partial charge in [-0.3, -0.25) is 0 Å². The first kappa shape index (κ1) is 11.6. The highest BCUT2D eigenvalue weighted by Gasteiger charge is 2.10. The second-order valence-corrected chi connectivity index (χ2v) is 4.69. The van der Waals surface area contributed by atoms with E-state index < -0.39 is 5.97 Å². The van der Waals surface area contributed by atoms with Gasteiger partial charge in [-0.25, -0.2) is 14.8 Å². The molecule has 0 unspecified atom stereocenters. The van der Waals surface area contributed by atoms with Crippen molar-refractivity contribution in [3.05, 3.63) is 29.3 Å². The molecule has 0 radical (unpaired) electrons. The molecule has 0 atom stereocenters. The summed E-state index contributed by atoms with van der Waals surface area (Å²) < 4.78 is 0. The van der Waals surface area contributed by atoms with Gasteiger partial charge in [-0.2, -0.15) is 0 Å². The third-order valence-corrected chi connectivity index (χ3v) is 3.21. The van der Waals surface area contributed by atoms with Gasteiger partial charge in [0.15, 0.2) is 0 Å². The van der Waals surface area contributed by atoms with Crippen molar-refractivity contribution >= 4 is 31.2 Å². The molecule has 0 aliphatic carbocycles. The van der Waals surface area contributed by atoms with Crippen molar-refractivity contribution in [2.45, 2.75) is 0 Å². The Morgan fingerprint density at radius 2 is 2.24 bits per heavy atom. The summed E-state index contributed by atoms with van der Waals surface area (Å²) in [7, 11) is 3.71. The molecule has 0 aromatic carbocycles. The number of thiophene rings is 1. The Balaban J connectivity index is 2.38. The minimum atomic E-state index is -0.914. The summed E-state index contributed by atoms with van der Waals surface area (Å²) in [4.78, 5) is 22.2. The summed E-state index contributed by atoms with van der Waals surface area (Å²) >= 11 is 1.21. The van der Waals surface area contributed by atoms with E-state index in [0.29, 0.717) is 10.8 Å². The number of anilines is 1. The molecule has 0 aliphatic rings. The van der Waals surface area contributed by atoms with Crippen molar-refractivity contribution in [1.82, 2.24) is 9.97 Å². The van der Waals surface area contributed by atoms with Crippen molar-refractivity contribution < 1.29 is 9.90 Å². The Morgan fingerprint density at radius 3 is 2.82 bits per heavy atom. The maximum atomic E-state index is 10.8. The average molecular weight is 247 g/mol. The smallest absolute Gasteiger partial charge is 0.345 e. The van der Waals surface area contributed by atoms with E-state index in [1.54, 1.807) is 29.2 Å². The first-order valence-electron chi connectivity index (χ1n) is 4.92. The Labute approximate surface area is 103 Å². The zero-order valence-corrected chi connectivity index (χ0v) is 10.2. The summed E-state index contributed by atoms with van der Waals surface area (Å²) in [5.74, 6) is -0.309. The van der Waals surface area contributed by atoms with Crippen LogP contribution in [0.1, 0.15) is 9.67 Å². The van der Waals surface area contributed by atoms with Gasteiger partial charge in [0, 0.05) is 6.20 Å². The number of nitrogens with zero attached hydrogens (tertiary/aromatic N) is 3. The summed E-state index contributed by atoms with van der Waals surface area (Å²) in [5, 5.41) is 8.86. The van der Waals surface area contributed by atoms with Gasteiger partial charge < -0.3 is 9.92 Å². The van der Waals surface area contributed by atoms with Crippen LogP contribution in [0, 0.1) is 0 Å². The van der Waals surface area contributed by atoms with Gasteiger partial charge in [-0.15, -0.1) is 11.3 Å². The van der Waals surface area contributed by atoms with E-state index in [2.05, 4.69) is 9.97 Å². The predicted molar refractivity (Wildman–Crippen MR) is 69.3 cm³/mol. The summed E-state index contributed by atoms with van der Waals surface area (Å²) in [6, 6.07) is 5.11. The standard InChI is InChI=1S/C10H10BN3O2S/c1-14(11)10-12-5-4-6(13-10)7-2-3-8(17-7)9(15)16/h2-5H,11H2,1H3,(H,15,16). The van der Waals surface area contributed by atoms with E-state index in [9.17, 15) is 4.79 Å². The lowest BCUT2D eigenvalue weighted by atomic mass is 10.3. The predicted octanol–water partition coefficient (Wildman–Crippen LogP) is 0.888. The SMILES string of the molecule is BN(C)c1nccc(-c2ccc(C(=O)O)s2)n1. The largest absolute Gasteiger partial charge is 0.477 e. The molecular formula is C10H10BN3O2S. The molecule has 2 aromatic rings. The molecule has 5 nitrogen and oxygen atoms in total. The molecule has 17 heavy (non-hydrogen) atoms. The van der Waals surface area contributed by atoms with E-state index in [0.717, 1.165) is 10.6 Å². The number of aromatic nitrogens is 2. The maximum absolute atomic E-state index is 10.8.